The summed E-state index contributed by atoms with van der Waals surface area (Å²) in [6.45, 7) is 13.5. The van der Waals surface area contributed by atoms with E-state index in [1.165, 1.54) is 21.6 Å². The molecule has 176 valence electrons. The maximum atomic E-state index is 11.5. The van der Waals surface area contributed by atoms with E-state index in [4.69, 9.17) is 11.6 Å². The number of hydrogen-bond donors (Lipinski definition) is 1. The maximum Gasteiger partial charge on any atom is 0.101 e. The van der Waals surface area contributed by atoms with Gasteiger partial charge in [0, 0.05) is 16.1 Å². The van der Waals surface area contributed by atoms with Gasteiger partial charge in [-0.25, -0.2) is 4.98 Å². The van der Waals surface area contributed by atoms with E-state index in [0.717, 1.165) is 10.6 Å². The van der Waals surface area contributed by atoms with E-state index in [1.807, 2.05) is 42.5 Å². The molecule has 0 aliphatic heterocycles. The van der Waals surface area contributed by atoms with E-state index < -0.39 is 6.10 Å². The standard InChI is InChI=1S/C28H34ClNOS2/c1-17(2)21-15-23(18(3)4)27(24(16-21)19(5)6)33-28(32-25-9-7-8-14-30-25)26(31)20-10-12-22(29)13-11-20/h7-19,26,28,31H,1-6H3/t26-,28+/m0/s1. The number of benzene rings is 2. The lowest BCUT2D eigenvalue weighted by Gasteiger charge is -2.27. The molecule has 1 heterocycles. The van der Waals surface area contributed by atoms with Crippen molar-refractivity contribution in [3.63, 3.8) is 0 Å². The van der Waals surface area contributed by atoms with Gasteiger partial charge in [-0.3, -0.25) is 0 Å². The molecule has 0 saturated carbocycles. The Morgan fingerprint density at radius 2 is 1.36 bits per heavy atom. The van der Waals surface area contributed by atoms with Gasteiger partial charge in [-0.15, -0.1) is 11.8 Å². The average molecular weight is 500 g/mol. The quantitative estimate of drug-likeness (QED) is 0.235. The number of thioether (sulfide) groups is 2. The van der Waals surface area contributed by atoms with Crippen molar-refractivity contribution < 1.29 is 5.11 Å². The summed E-state index contributed by atoms with van der Waals surface area (Å²) in [5, 5.41) is 13.1. The molecule has 3 aromatic rings. The molecule has 0 saturated heterocycles. The van der Waals surface area contributed by atoms with Crippen molar-refractivity contribution in [1.82, 2.24) is 4.98 Å². The normalized spacial score (nSPS) is 13.7. The lowest BCUT2D eigenvalue weighted by atomic mass is 9.89. The summed E-state index contributed by atoms with van der Waals surface area (Å²) < 4.78 is -0.166. The first-order chi connectivity index (χ1) is 15.7. The van der Waals surface area contributed by atoms with Crippen molar-refractivity contribution in [1.29, 1.82) is 0 Å². The van der Waals surface area contributed by atoms with Crippen LogP contribution in [-0.2, 0) is 0 Å². The summed E-state index contributed by atoms with van der Waals surface area (Å²) in [5.74, 6) is 1.24. The Hall–Kier alpha value is -1.46. The first-order valence-electron chi connectivity index (χ1n) is 11.5. The first kappa shape index (κ1) is 26.2. The summed E-state index contributed by atoms with van der Waals surface area (Å²) in [6, 6.07) is 18.1. The molecular weight excluding hydrogens is 466 g/mol. The minimum absolute atomic E-state index is 0.166. The van der Waals surface area contributed by atoms with Gasteiger partial charge in [-0.05, 0) is 64.3 Å². The summed E-state index contributed by atoms with van der Waals surface area (Å²) in [5.41, 5.74) is 4.94. The molecule has 5 heteroatoms. The third-order valence-electron chi connectivity index (χ3n) is 5.66. The smallest absolute Gasteiger partial charge is 0.101 e. The third kappa shape index (κ3) is 6.79. The van der Waals surface area contributed by atoms with Crippen LogP contribution in [0.1, 0.15) is 87.7 Å². The second kappa shape index (κ2) is 11.8. The van der Waals surface area contributed by atoms with Crippen LogP contribution in [0.15, 0.2) is 70.7 Å². The van der Waals surface area contributed by atoms with E-state index >= 15 is 0 Å². The van der Waals surface area contributed by atoms with Crippen LogP contribution in [0.25, 0.3) is 0 Å². The predicted octanol–water partition coefficient (Wildman–Crippen LogP) is 9.05. The number of rotatable bonds is 9. The van der Waals surface area contributed by atoms with Gasteiger partial charge < -0.3 is 5.11 Å². The molecule has 33 heavy (non-hydrogen) atoms. The molecule has 2 nitrogen and oxygen atoms in total. The summed E-state index contributed by atoms with van der Waals surface area (Å²) in [6.07, 6.45) is 1.12. The molecular formula is C28H34ClNOS2. The zero-order chi connectivity index (χ0) is 24.1. The van der Waals surface area contributed by atoms with Gasteiger partial charge in [0.1, 0.15) is 6.10 Å². The fourth-order valence-corrected chi connectivity index (χ4v) is 6.73. The number of aromatic nitrogens is 1. The highest BCUT2D eigenvalue weighted by Gasteiger charge is 2.28. The Kier molecular flexibility index (Phi) is 9.34. The van der Waals surface area contributed by atoms with Crippen LogP contribution in [0.3, 0.4) is 0 Å². The van der Waals surface area contributed by atoms with Crippen LogP contribution in [0.2, 0.25) is 5.02 Å². The van der Waals surface area contributed by atoms with Gasteiger partial charge in [-0.2, -0.15) is 0 Å². The summed E-state index contributed by atoms with van der Waals surface area (Å²) in [4.78, 5) is 5.80. The first-order valence-corrected chi connectivity index (χ1v) is 13.7. The highest BCUT2D eigenvalue weighted by molar-refractivity contribution is 8.17. The highest BCUT2D eigenvalue weighted by atomic mass is 35.5. The number of pyridine rings is 1. The Labute approximate surface area is 212 Å². The molecule has 3 rings (SSSR count). The largest absolute Gasteiger partial charge is 0.386 e. The molecule has 1 aromatic heterocycles. The van der Waals surface area contributed by atoms with Crippen molar-refractivity contribution >= 4 is 35.1 Å². The van der Waals surface area contributed by atoms with E-state index in [2.05, 4.69) is 58.7 Å². The second-order valence-electron chi connectivity index (χ2n) is 9.26. The van der Waals surface area contributed by atoms with Gasteiger partial charge in [0.15, 0.2) is 0 Å². The molecule has 0 bridgehead atoms. The lowest BCUT2D eigenvalue weighted by molar-refractivity contribution is 0.196. The van der Waals surface area contributed by atoms with Crippen LogP contribution in [-0.4, -0.2) is 14.7 Å². The van der Waals surface area contributed by atoms with Crippen molar-refractivity contribution in [2.45, 2.75) is 79.9 Å². The maximum absolute atomic E-state index is 11.5. The monoisotopic (exact) mass is 499 g/mol. The van der Waals surface area contributed by atoms with Crippen LogP contribution < -0.4 is 0 Å². The van der Waals surface area contributed by atoms with Crippen LogP contribution in [0.4, 0.5) is 0 Å². The van der Waals surface area contributed by atoms with Crippen LogP contribution in [0.5, 0.6) is 0 Å². The Morgan fingerprint density at radius 1 is 0.758 bits per heavy atom. The van der Waals surface area contributed by atoms with Gasteiger partial charge in [0.25, 0.3) is 0 Å². The molecule has 0 aliphatic rings. The van der Waals surface area contributed by atoms with E-state index in [1.54, 1.807) is 29.7 Å². The number of nitrogens with zero attached hydrogens (tertiary/aromatic N) is 1. The molecule has 0 unspecified atom stereocenters. The fraction of sp³-hybridized carbons (Fsp3) is 0.393. The SMILES string of the molecule is CC(C)c1cc(C(C)C)c(S[C@@H](Sc2ccccn2)[C@@H](O)c2ccc(Cl)cc2)c(C(C)C)c1. The van der Waals surface area contributed by atoms with Gasteiger partial charge in [0.2, 0.25) is 0 Å². The van der Waals surface area contributed by atoms with Crippen LogP contribution >= 0.6 is 35.1 Å². The van der Waals surface area contributed by atoms with Crippen LogP contribution in [0, 0.1) is 0 Å². The molecule has 0 fully saturated rings. The second-order valence-corrected chi connectivity index (χ2v) is 12.3. The minimum Gasteiger partial charge on any atom is -0.386 e. The number of aliphatic hydroxyl groups is 1. The van der Waals surface area contributed by atoms with Gasteiger partial charge in [0.05, 0.1) is 9.61 Å². The Bertz CT molecular complexity index is 1010. The molecule has 2 atom stereocenters. The van der Waals surface area contributed by atoms with Gasteiger partial charge in [-0.1, -0.05) is 95.2 Å². The van der Waals surface area contributed by atoms with Crippen molar-refractivity contribution in [3.05, 3.63) is 88.1 Å². The topological polar surface area (TPSA) is 33.1 Å². The predicted molar refractivity (Wildman–Crippen MR) is 145 cm³/mol. The zero-order valence-corrected chi connectivity index (χ0v) is 22.6. The number of hydrogen-bond acceptors (Lipinski definition) is 4. The molecule has 1 N–H and O–H groups in total. The summed E-state index contributed by atoms with van der Waals surface area (Å²) >= 11 is 9.48. The Morgan fingerprint density at radius 3 is 1.85 bits per heavy atom. The average Bonchev–Trinajstić information content (AvgIpc) is 2.78. The Balaban J connectivity index is 2.08. The molecule has 0 radical (unpaired) electrons. The number of halogens is 1. The molecule has 0 spiro atoms. The van der Waals surface area contributed by atoms with Crippen molar-refractivity contribution in [3.8, 4) is 0 Å². The third-order valence-corrected chi connectivity index (χ3v) is 8.66. The fourth-order valence-electron chi connectivity index (χ4n) is 3.65. The van der Waals surface area contributed by atoms with E-state index in [-0.39, 0.29) is 4.58 Å². The molecule has 0 aliphatic carbocycles. The number of aliphatic hydroxyl groups excluding tert-OH is 1. The summed E-state index contributed by atoms with van der Waals surface area (Å²) in [7, 11) is 0. The minimum atomic E-state index is -0.677. The van der Waals surface area contributed by atoms with E-state index in [0.29, 0.717) is 22.8 Å². The van der Waals surface area contributed by atoms with Crippen molar-refractivity contribution in [2.75, 3.05) is 0 Å². The molecule has 2 aromatic carbocycles. The molecule has 0 amide bonds. The highest BCUT2D eigenvalue weighted by Crippen LogP contribution is 2.47. The van der Waals surface area contributed by atoms with Crippen molar-refractivity contribution in [2.24, 2.45) is 0 Å². The lowest BCUT2D eigenvalue weighted by Crippen LogP contribution is -2.14. The zero-order valence-electron chi connectivity index (χ0n) is 20.2. The van der Waals surface area contributed by atoms with E-state index in [9.17, 15) is 5.11 Å². The van der Waals surface area contributed by atoms with Gasteiger partial charge >= 0.3 is 0 Å².